The molecule has 0 radical (unpaired) electrons. The number of carbonyl (C=O) groups excluding carboxylic acids is 2. The minimum Gasteiger partial charge on any atom is -0.460 e. The first-order valence-corrected chi connectivity index (χ1v) is 6.01. The lowest BCUT2D eigenvalue weighted by Gasteiger charge is -2.09. The van der Waals surface area contributed by atoms with E-state index in [0.717, 1.165) is 12.8 Å². The SMILES string of the molecule is CCCCOC(=O)C(C(=O)OCCCC)[N+](=O)[O-]. The number of hydrogen-bond acceptors (Lipinski definition) is 6. The van der Waals surface area contributed by atoms with E-state index in [4.69, 9.17) is 0 Å². The van der Waals surface area contributed by atoms with Gasteiger partial charge in [-0.3, -0.25) is 10.1 Å². The van der Waals surface area contributed by atoms with Crippen LogP contribution in [0.3, 0.4) is 0 Å². The second-order valence-corrected chi connectivity index (χ2v) is 3.73. The zero-order valence-electron chi connectivity index (χ0n) is 10.7. The molecule has 0 aromatic rings. The van der Waals surface area contributed by atoms with Crippen molar-refractivity contribution in [3.63, 3.8) is 0 Å². The molecule has 0 fully saturated rings. The van der Waals surface area contributed by atoms with Gasteiger partial charge in [-0.15, -0.1) is 0 Å². The number of hydrogen-bond donors (Lipinski definition) is 0. The van der Waals surface area contributed by atoms with E-state index in [9.17, 15) is 19.7 Å². The molecule has 0 unspecified atom stereocenters. The molecular weight excluding hydrogens is 242 g/mol. The van der Waals surface area contributed by atoms with Crippen LogP contribution in [0, 0.1) is 10.1 Å². The second kappa shape index (κ2) is 9.38. The molecule has 0 heterocycles. The number of rotatable bonds is 9. The van der Waals surface area contributed by atoms with E-state index >= 15 is 0 Å². The quantitative estimate of drug-likeness (QED) is 0.204. The Morgan fingerprint density at radius 2 is 1.44 bits per heavy atom. The van der Waals surface area contributed by atoms with Crippen molar-refractivity contribution in [2.45, 2.75) is 45.6 Å². The first kappa shape index (κ1) is 16.3. The largest absolute Gasteiger partial charge is 0.460 e. The van der Waals surface area contributed by atoms with Crippen LogP contribution < -0.4 is 0 Å². The molecule has 0 spiro atoms. The van der Waals surface area contributed by atoms with Gasteiger partial charge in [-0.1, -0.05) is 26.7 Å². The number of ether oxygens (including phenoxy) is 2. The molecule has 18 heavy (non-hydrogen) atoms. The number of nitro groups is 1. The third kappa shape index (κ3) is 6.17. The highest BCUT2D eigenvalue weighted by atomic mass is 16.6. The van der Waals surface area contributed by atoms with Crippen LogP contribution in [-0.2, 0) is 19.1 Å². The van der Waals surface area contributed by atoms with Crippen LogP contribution in [0.2, 0.25) is 0 Å². The fraction of sp³-hybridized carbons (Fsp3) is 0.818. The number of nitrogens with zero attached hydrogens (tertiary/aromatic N) is 1. The fourth-order valence-electron chi connectivity index (χ4n) is 1.06. The van der Waals surface area contributed by atoms with Crippen molar-refractivity contribution >= 4 is 11.9 Å². The fourth-order valence-corrected chi connectivity index (χ4v) is 1.06. The molecule has 0 aliphatic rings. The van der Waals surface area contributed by atoms with Crippen LogP contribution >= 0.6 is 0 Å². The monoisotopic (exact) mass is 261 g/mol. The van der Waals surface area contributed by atoms with Gasteiger partial charge >= 0.3 is 18.0 Å². The molecule has 0 rings (SSSR count). The maximum absolute atomic E-state index is 11.4. The molecule has 104 valence electrons. The van der Waals surface area contributed by atoms with E-state index in [1.807, 2.05) is 13.8 Å². The van der Waals surface area contributed by atoms with Crippen molar-refractivity contribution in [2.24, 2.45) is 0 Å². The van der Waals surface area contributed by atoms with Crippen LogP contribution in [0.5, 0.6) is 0 Å². The van der Waals surface area contributed by atoms with Crippen molar-refractivity contribution in [1.29, 1.82) is 0 Å². The highest BCUT2D eigenvalue weighted by Gasteiger charge is 2.41. The Labute approximate surface area is 106 Å². The summed E-state index contributed by atoms with van der Waals surface area (Å²) in [6.07, 6.45) is 2.77. The molecule has 7 heteroatoms. The zero-order chi connectivity index (χ0) is 14.0. The molecule has 0 N–H and O–H groups in total. The Bertz CT molecular complexity index is 269. The Hall–Kier alpha value is -1.66. The summed E-state index contributed by atoms with van der Waals surface area (Å²) in [5.74, 6) is -2.31. The van der Waals surface area contributed by atoms with Gasteiger partial charge in [0.25, 0.3) is 0 Å². The standard InChI is InChI=1S/C11H19NO6/c1-3-5-7-17-10(13)9(12(15)16)11(14)18-8-6-4-2/h9H,3-8H2,1-2H3. The summed E-state index contributed by atoms with van der Waals surface area (Å²) in [5.41, 5.74) is 0. The van der Waals surface area contributed by atoms with Crippen molar-refractivity contribution in [3.8, 4) is 0 Å². The minimum absolute atomic E-state index is 0.0713. The summed E-state index contributed by atoms with van der Waals surface area (Å²) >= 11 is 0. The smallest absolute Gasteiger partial charge is 0.402 e. The molecule has 0 bridgehead atoms. The molecular formula is C11H19NO6. The first-order valence-electron chi connectivity index (χ1n) is 6.01. The number of carbonyl (C=O) groups is 2. The first-order chi connectivity index (χ1) is 8.54. The molecule has 0 aliphatic heterocycles. The predicted octanol–water partition coefficient (Wildman–Crippen LogP) is 1.32. The lowest BCUT2D eigenvalue weighted by atomic mass is 10.3. The average Bonchev–Trinajstić information content (AvgIpc) is 2.29. The molecule has 0 amide bonds. The van der Waals surface area contributed by atoms with E-state index in [-0.39, 0.29) is 13.2 Å². The van der Waals surface area contributed by atoms with Crippen molar-refractivity contribution in [2.75, 3.05) is 13.2 Å². The van der Waals surface area contributed by atoms with Crippen LogP contribution in [-0.4, -0.2) is 36.1 Å². The van der Waals surface area contributed by atoms with Gasteiger partial charge in [0.15, 0.2) is 0 Å². The van der Waals surface area contributed by atoms with Crippen molar-refractivity contribution in [3.05, 3.63) is 10.1 Å². The van der Waals surface area contributed by atoms with Gasteiger partial charge in [0.1, 0.15) is 0 Å². The summed E-state index contributed by atoms with van der Waals surface area (Å²) in [6.45, 7) is 3.92. The highest BCUT2D eigenvalue weighted by molar-refractivity contribution is 5.97. The van der Waals surface area contributed by atoms with Crippen LogP contribution in [0.15, 0.2) is 0 Å². The number of unbranched alkanes of at least 4 members (excludes halogenated alkanes) is 2. The van der Waals surface area contributed by atoms with Crippen LogP contribution in [0.4, 0.5) is 0 Å². The van der Waals surface area contributed by atoms with Gasteiger partial charge in [0, 0.05) is 4.92 Å². The molecule has 0 saturated carbocycles. The van der Waals surface area contributed by atoms with Crippen LogP contribution in [0.1, 0.15) is 39.5 Å². The predicted molar refractivity (Wildman–Crippen MR) is 62.5 cm³/mol. The maximum Gasteiger partial charge on any atom is 0.402 e. The van der Waals surface area contributed by atoms with E-state index in [2.05, 4.69) is 9.47 Å². The molecule has 0 aliphatic carbocycles. The Morgan fingerprint density at radius 3 is 1.72 bits per heavy atom. The van der Waals surface area contributed by atoms with E-state index in [0.29, 0.717) is 12.8 Å². The molecule has 0 aromatic carbocycles. The molecule has 0 saturated heterocycles. The third-order valence-corrected chi connectivity index (χ3v) is 2.14. The highest BCUT2D eigenvalue weighted by Crippen LogP contribution is 2.01. The summed E-state index contributed by atoms with van der Waals surface area (Å²) in [7, 11) is 0. The van der Waals surface area contributed by atoms with Gasteiger partial charge in [0.05, 0.1) is 13.2 Å². The average molecular weight is 261 g/mol. The number of esters is 2. The van der Waals surface area contributed by atoms with Gasteiger partial charge < -0.3 is 9.47 Å². The molecule has 0 aromatic heterocycles. The zero-order valence-corrected chi connectivity index (χ0v) is 10.7. The van der Waals surface area contributed by atoms with E-state index in [1.165, 1.54) is 0 Å². The van der Waals surface area contributed by atoms with Gasteiger partial charge in [0.2, 0.25) is 0 Å². The molecule has 0 atom stereocenters. The lowest BCUT2D eigenvalue weighted by molar-refractivity contribution is -0.499. The Kier molecular flexibility index (Phi) is 8.51. The van der Waals surface area contributed by atoms with Gasteiger partial charge in [-0.25, -0.2) is 9.59 Å². The summed E-state index contributed by atoms with van der Waals surface area (Å²) < 4.78 is 9.30. The van der Waals surface area contributed by atoms with Crippen molar-refractivity contribution in [1.82, 2.24) is 0 Å². The Morgan fingerprint density at radius 1 is 1.06 bits per heavy atom. The normalized spacial score (nSPS) is 10.2. The maximum atomic E-state index is 11.4. The second-order valence-electron chi connectivity index (χ2n) is 3.73. The minimum atomic E-state index is -2.07. The van der Waals surface area contributed by atoms with Crippen LogP contribution in [0.25, 0.3) is 0 Å². The van der Waals surface area contributed by atoms with Gasteiger partial charge in [-0.05, 0) is 12.8 Å². The summed E-state index contributed by atoms with van der Waals surface area (Å²) in [4.78, 5) is 32.4. The third-order valence-electron chi connectivity index (χ3n) is 2.14. The van der Waals surface area contributed by atoms with Crippen molar-refractivity contribution < 1.29 is 24.0 Å². The molecule has 7 nitrogen and oxygen atoms in total. The lowest BCUT2D eigenvalue weighted by Crippen LogP contribution is -2.40. The Balaban J connectivity index is 4.31. The van der Waals surface area contributed by atoms with Gasteiger partial charge in [-0.2, -0.15) is 0 Å². The summed E-state index contributed by atoms with van der Waals surface area (Å²) in [6, 6.07) is -2.07. The van der Waals surface area contributed by atoms with E-state index in [1.54, 1.807) is 0 Å². The van der Waals surface area contributed by atoms with E-state index < -0.39 is 22.9 Å². The summed E-state index contributed by atoms with van der Waals surface area (Å²) in [5, 5.41) is 10.7. The topological polar surface area (TPSA) is 95.7 Å².